The fourth-order valence-electron chi connectivity index (χ4n) is 1.78. The zero-order chi connectivity index (χ0) is 14.4. The van der Waals surface area contributed by atoms with Gasteiger partial charge in [0.15, 0.2) is 0 Å². The molecule has 0 aliphatic heterocycles. The van der Waals surface area contributed by atoms with Crippen LogP contribution < -0.4 is 4.72 Å². The van der Waals surface area contributed by atoms with Gasteiger partial charge in [0.2, 0.25) is 10.0 Å². The van der Waals surface area contributed by atoms with Gasteiger partial charge in [-0.25, -0.2) is 13.1 Å². The second kappa shape index (κ2) is 7.00. The van der Waals surface area contributed by atoms with Gasteiger partial charge < -0.3 is 9.84 Å². The fourth-order valence-corrected chi connectivity index (χ4v) is 3.24. The summed E-state index contributed by atoms with van der Waals surface area (Å²) < 4.78 is 31.3. The van der Waals surface area contributed by atoms with E-state index in [0.29, 0.717) is 13.0 Å². The molecule has 1 unspecified atom stereocenters. The van der Waals surface area contributed by atoms with Gasteiger partial charge in [0.25, 0.3) is 0 Å². The Kier molecular flexibility index (Phi) is 5.93. The highest BCUT2D eigenvalue weighted by Crippen LogP contribution is 2.21. The summed E-state index contributed by atoms with van der Waals surface area (Å²) in [5.41, 5.74) is -0.277. The van der Waals surface area contributed by atoms with Gasteiger partial charge >= 0.3 is 0 Å². The Morgan fingerprint density at radius 3 is 2.47 bits per heavy atom. The first-order chi connectivity index (χ1) is 8.93. The number of methoxy groups -OCH3 is 1. The Morgan fingerprint density at radius 2 is 1.95 bits per heavy atom. The van der Waals surface area contributed by atoms with Crippen LogP contribution in [-0.4, -0.2) is 39.6 Å². The van der Waals surface area contributed by atoms with E-state index in [0.717, 1.165) is 5.56 Å². The number of benzene rings is 1. The minimum Gasteiger partial charge on any atom is -0.394 e. The van der Waals surface area contributed by atoms with Crippen molar-refractivity contribution in [3.63, 3.8) is 0 Å². The smallest absolute Gasteiger partial charge is 0.212 e. The highest BCUT2D eigenvalue weighted by molar-refractivity contribution is 7.89. The number of ether oxygens (including phenoxy) is 1. The number of nitrogens with one attached hydrogen (secondary N) is 1. The summed E-state index contributed by atoms with van der Waals surface area (Å²) in [6, 6.07) is 9.03. The molecule has 0 aromatic heterocycles. The molecule has 6 heteroatoms. The van der Waals surface area contributed by atoms with Crippen molar-refractivity contribution < 1.29 is 18.3 Å². The standard InChI is InChI=1S/C13H21NO4S/c1-13(11-15,12-7-4-3-5-8-12)14-19(16,17)10-6-9-18-2/h3-5,7-8,14-15H,6,9-11H2,1-2H3. The van der Waals surface area contributed by atoms with Crippen LogP contribution in [0.2, 0.25) is 0 Å². The van der Waals surface area contributed by atoms with Gasteiger partial charge in [-0.2, -0.15) is 0 Å². The summed E-state index contributed by atoms with van der Waals surface area (Å²) >= 11 is 0. The van der Waals surface area contributed by atoms with E-state index in [-0.39, 0.29) is 12.4 Å². The van der Waals surface area contributed by atoms with Crippen molar-refractivity contribution in [1.82, 2.24) is 4.72 Å². The van der Waals surface area contributed by atoms with Crippen LogP contribution in [0.25, 0.3) is 0 Å². The number of hydrogen-bond acceptors (Lipinski definition) is 4. The molecule has 1 rings (SSSR count). The lowest BCUT2D eigenvalue weighted by Gasteiger charge is -2.29. The Labute approximate surface area is 114 Å². The first-order valence-corrected chi connectivity index (χ1v) is 7.76. The summed E-state index contributed by atoms with van der Waals surface area (Å²) in [6.45, 7) is 1.75. The molecular weight excluding hydrogens is 266 g/mol. The van der Waals surface area contributed by atoms with Gasteiger partial charge in [-0.05, 0) is 18.9 Å². The maximum atomic E-state index is 12.0. The fraction of sp³-hybridized carbons (Fsp3) is 0.538. The average Bonchev–Trinajstić information content (AvgIpc) is 2.39. The molecule has 0 aliphatic rings. The largest absolute Gasteiger partial charge is 0.394 e. The van der Waals surface area contributed by atoms with Crippen molar-refractivity contribution in [2.24, 2.45) is 0 Å². The topological polar surface area (TPSA) is 75.6 Å². The van der Waals surface area contributed by atoms with Crippen LogP contribution in [0, 0.1) is 0 Å². The monoisotopic (exact) mass is 287 g/mol. The summed E-state index contributed by atoms with van der Waals surface area (Å²) in [7, 11) is -1.93. The van der Waals surface area contributed by atoms with Gasteiger partial charge in [-0.1, -0.05) is 30.3 Å². The summed E-state index contributed by atoms with van der Waals surface area (Å²) in [4.78, 5) is 0. The van der Waals surface area contributed by atoms with Crippen LogP contribution in [0.3, 0.4) is 0 Å². The molecule has 19 heavy (non-hydrogen) atoms. The van der Waals surface area contributed by atoms with Gasteiger partial charge in [0.05, 0.1) is 17.9 Å². The molecule has 0 heterocycles. The SMILES string of the molecule is COCCCS(=O)(=O)NC(C)(CO)c1ccccc1. The quantitative estimate of drug-likeness (QED) is 0.695. The van der Waals surface area contributed by atoms with Crippen LogP contribution in [0.5, 0.6) is 0 Å². The van der Waals surface area contributed by atoms with E-state index < -0.39 is 15.6 Å². The molecule has 0 fully saturated rings. The Morgan fingerprint density at radius 1 is 1.32 bits per heavy atom. The molecule has 0 bridgehead atoms. The van der Waals surface area contributed by atoms with E-state index >= 15 is 0 Å². The van der Waals surface area contributed by atoms with Crippen LogP contribution in [0.4, 0.5) is 0 Å². The third-order valence-electron chi connectivity index (χ3n) is 2.87. The normalized spacial score (nSPS) is 15.1. The lowest BCUT2D eigenvalue weighted by molar-refractivity contribution is 0.193. The maximum absolute atomic E-state index is 12.0. The Hall–Kier alpha value is -0.950. The zero-order valence-corrected chi connectivity index (χ0v) is 12.1. The molecule has 0 aliphatic carbocycles. The van der Waals surface area contributed by atoms with Crippen LogP contribution >= 0.6 is 0 Å². The summed E-state index contributed by atoms with van der Waals surface area (Å²) in [6.07, 6.45) is 0.419. The molecule has 0 saturated carbocycles. The van der Waals surface area contributed by atoms with E-state index in [1.165, 1.54) is 7.11 Å². The molecule has 108 valence electrons. The van der Waals surface area contributed by atoms with Gasteiger partial charge in [0, 0.05) is 13.7 Å². The van der Waals surface area contributed by atoms with Crippen molar-refractivity contribution >= 4 is 10.0 Å². The van der Waals surface area contributed by atoms with Gasteiger partial charge in [-0.3, -0.25) is 0 Å². The highest BCUT2D eigenvalue weighted by Gasteiger charge is 2.30. The van der Waals surface area contributed by atoms with E-state index in [9.17, 15) is 13.5 Å². The van der Waals surface area contributed by atoms with E-state index in [1.807, 2.05) is 18.2 Å². The molecule has 0 radical (unpaired) electrons. The molecule has 2 N–H and O–H groups in total. The molecule has 0 spiro atoms. The Balaban J connectivity index is 2.81. The zero-order valence-electron chi connectivity index (χ0n) is 11.3. The van der Waals surface area contributed by atoms with Gasteiger partial charge in [0.1, 0.15) is 0 Å². The average molecular weight is 287 g/mol. The van der Waals surface area contributed by atoms with Crippen LogP contribution in [-0.2, 0) is 20.3 Å². The third kappa shape index (κ3) is 4.91. The molecule has 1 atom stereocenters. The second-order valence-corrected chi connectivity index (χ2v) is 6.47. The van der Waals surface area contributed by atoms with Crippen molar-refractivity contribution in [1.29, 1.82) is 0 Å². The Bertz CT molecular complexity index is 475. The van der Waals surface area contributed by atoms with Crippen LogP contribution in [0.15, 0.2) is 30.3 Å². The van der Waals surface area contributed by atoms with E-state index in [1.54, 1.807) is 19.1 Å². The summed E-state index contributed by atoms with van der Waals surface area (Å²) in [5, 5.41) is 9.52. The minimum atomic E-state index is -3.46. The lowest BCUT2D eigenvalue weighted by Crippen LogP contribution is -2.47. The predicted octanol–water partition coefficient (Wildman–Crippen LogP) is 0.850. The first kappa shape index (κ1) is 16.1. The van der Waals surface area contributed by atoms with Crippen molar-refractivity contribution in [2.75, 3.05) is 26.1 Å². The number of aliphatic hydroxyl groups is 1. The molecule has 1 aromatic rings. The molecule has 0 saturated heterocycles. The highest BCUT2D eigenvalue weighted by atomic mass is 32.2. The third-order valence-corrected chi connectivity index (χ3v) is 4.46. The van der Waals surface area contributed by atoms with Crippen molar-refractivity contribution in [2.45, 2.75) is 18.9 Å². The molecule has 5 nitrogen and oxygen atoms in total. The number of hydrogen-bond donors (Lipinski definition) is 2. The van der Waals surface area contributed by atoms with Crippen molar-refractivity contribution in [3.8, 4) is 0 Å². The summed E-state index contributed by atoms with van der Waals surface area (Å²) in [5.74, 6) is -0.0245. The molecule has 1 aromatic carbocycles. The second-order valence-electron chi connectivity index (χ2n) is 4.62. The molecule has 0 amide bonds. The maximum Gasteiger partial charge on any atom is 0.212 e. The van der Waals surface area contributed by atoms with Crippen LogP contribution in [0.1, 0.15) is 18.9 Å². The first-order valence-electron chi connectivity index (χ1n) is 6.10. The predicted molar refractivity (Wildman–Crippen MR) is 74.3 cm³/mol. The van der Waals surface area contributed by atoms with E-state index in [4.69, 9.17) is 4.74 Å². The lowest BCUT2D eigenvalue weighted by atomic mass is 9.94. The number of sulfonamides is 1. The van der Waals surface area contributed by atoms with E-state index in [2.05, 4.69) is 4.72 Å². The van der Waals surface area contributed by atoms with Crippen molar-refractivity contribution in [3.05, 3.63) is 35.9 Å². The minimum absolute atomic E-state index is 0.0245. The molecular formula is C13H21NO4S. The van der Waals surface area contributed by atoms with Gasteiger partial charge in [-0.15, -0.1) is 0 Å². The number of rotatable bonds is 8. The number of aliphatic hydroxyl groups excluding tert-OH is 1.